The molecule has 0 unspecified atom stereocenters. The number of benzene rings is 6. The lowest BCUT2D eigenvalue weighted by molar-refractivity contribution is 0.661. The van der Waals surface area contributed by atoms with Gasteiger partial charge in [0, 0.05) is 56.6 Å². The Morgan fingerprint density at radius 1 is 0.426 bits per heavy atom. The molecule has 4 heterocycles. The van der Waals surface area contributed by atoms with Crippen LogP contribution in [0, 0.1) is 0 Å². The fourth-order valence-electron chi connectivity index (χ4n) is 10.2. The smallest absolute Gasteiger partial charge is 0.110 e. The van der Waals surface area contributed by atoms with Crippen molar-refractivity contribution in [2.45, 2.75) is 24.7 Å². The first-order valence-corrected chi connectivity index (χ1v) is 18.8. The molecular formula is C50H34N4. The number of nitrogens with zero attached hydrogens (tertiary/aromatic N) is 4. The molecule has 4 heteroatoms. The summed E-state index contributed by atoms with van der Waals surface area (Å²) in [4.78, 5) is 12.9. The van der Waals surface area contributed by atoms with Crippen LogP contribution in [0.25, 0.3) is 49.7 Å². The maximum Gasteiger partial charge on any atom is 0.110 e. The summed E-state index contributed by atoms with van der Waals surface area (Å²) in [7, 11) is 0. The largest absolute Gasteiger partial charge is 0.310 e. The highest BCUT2D eigenvalue weighted by Crippen LogP contribution is 2.62. The van der Waals surface area contributed by atoms with Crippen LogP contribution in [0.1, 0.15) is 47.5 Å². The summed E-state index contributed by atoms with van der Waals surface area (Å²) in [5, 5.41) is 2.52. The second kappa shape index (κ2) is 10.4. The molecule has 0 N–H and O–H groups in total. The van der Waals surface area contributed by atoms with Crippen LogP contribution in [0.15, 0.2) is 170 Å². The summed E-state index contributed by atoms with van der Waals surface area (Å²) in [5.41, 5.74) is 18.1. The maximum atomic E-state index is 5.25. The van der Waals surface area contributed by atoms with Gasteiger partial charge in [0.05, 0.1) is 33.8 Å². The molecule has 12 rings (SSSR count). The molecule has 4 nitrogen and oxygen atoms in total. The van der Waals surface area contributed by atoms with Crippen LogP contribution in [0.2, 0.25) is 0 Å². The molecule has 3 aromatic heterocycles. The Morgan fingerprint density at radius 3 is 1.87 bits per heavy atom. The molecule has 3 aliphatic rings. The molecule has 0 saturated carbocycles. The van der Waals surface area contributed by atoms with E-state index in [-0.39, 0.29) is 5.41 Å². The van der Waals surface area contributed by atoms with Gasteiger partial charge in [-0.1, -0.05) is 105 Å². The van der Waals surface area contributed by atoms with Crippen molar-refractivity contribution >= 4 is 38.9 Å². The summed E-state index contributed by atoms with van der Waals surface area (Å²) >= 11 is 0. The van der Waals surface area contributed by atoms with E-state index in [0.717, 1.165) is 45.3 Å². The van der Waals surface area contributed by atoms with Gasteiger partial charge in [-0.2, -0.15) is 0 Å². The molecule has 254 valence electrons. The van der Waals surface area contributed by atoms with Crippen LogP contribution in [0.4, 0.5) is 17.1 Å². The summed E-state index contributed by atoms with van der Waals surface area (Å²) in [6, 6.07) is 57.9. The first-order chi connectivity index (χ1) is 26.6. The average molecular weight is 691 g/mol. The van der Waals surface area contributed by atoms with Gasteiger partial charge in [-0.15, -0.1) is 0 Å². The molecular weight excluding hydrogens is 657 g/mol. The van der Waals surface area contributed by atoms with Gasteiger partial charge in [-0.3, -0.25) is 9.97 Å². The second-order valence-electron chi connectivity index (χ2n) is 15.4. The van der Waals surface area contributed by atoms with Gasteiger partial charge in [0.1, 0.15) is 5.41 Å². The Labute approximate surface area is 313 Å². The summed E-state index contributed by atoms with van der Waals surface area (Å²) in [5.74, 6) is 0. The molecule has 0 atom stereocenters. The zero-order chi connectivity index (χ0) is 35.8. The van der Waals surface area contributed by atoms with Crippen molar-refractivity contribution in [1.29, 1.82) is 0 Å². The van der Waals surface area contributed by atoms with E-state index in [4.69, 9.17) is 9.97 Å². The Balaban J connectivity index is 1.21. The average Bonchev–Trinajstić information content (AvgIpc) is 3.79. The topological polar surface area (TPSA) is 34.0 Å². The number of aromatic nitrogens is 3. The first-order valence-electron chi connectivity index (χ1n) is 18.8. The molecule has 2 aliphatic carbocycles. The third kappa shape index (κ3) is 3.58. The summed E-state index contributed by atoms with van der Waals surface area (Å²) in [6.07, 6.45) is 3.88. The van der Waals surface area contributed by atoms with Crippen LogP contribution in [-0.4, -0.2) is 14.5 Å². The number of pyridine rings is 2. The van der Waals surface area contributed by atoms with Gasteiger partial charge in [0.15, 0.2) is 0 Å². The van der Waals surface area contributed by atoms with Crippen LogP contribution in [0.3, 0.4) is 0 Å². The third-order valence-corrected chi connectivity index (χ3v) is 12.4. The predicted molar refractivity (Wildman–Crippen MR) is 219 cm³/mol. The SMILES string of the molecule is CC1(C)c2ccccc2-c2cc3c4ccccc4n(-c4ccc5c(c4)C4(c6ccccc6N5c5ccccc5)c5ncccc5-c5cccnc54)c3cc21. The van der Waals surface area contributed by atoms with E-state index in [1.807, 2.05) is 24.5 Å². The Morgan fingerprint density at radius 2 is 1.07 bits per heavy atom. The van der Waals surface area contributed by atoms with Gasteiger partial charge in [-0.05, 0) is 94.5 Å². The Hall–Kier alpha value is -6.78. The number of hydrogen-bond donors (Lipinski definition) is 0. The van der Waals surface area contributed by atoms with Gasteiger partial charge in [0.25, 0.3) is 0 Å². The van der Waals surface area contributed by atoms with Crippen LogP contribution in [0.5, 0.6) is 0 Å². The molecule has 0 fully saturated rings. The van der Waals surface area contributed by atoms with Gasteiger partial charge in [-0.25, -0.2) is 0 Å². The van der Waals surface area contributed by atoms with Crippen molar-refractivity contribution in [3.63, 3.8) is 0 Å². The lowest BCUT2D eigenvalue weighted by Crippen LogP contribution is -2.37. The number of rotatable bonds is 2. The lowest BCUT2D eigenvalue weighted by atomic mass is 9.67. The van der Waals surface area contributed by atoms with E-state index in [2.05, 4.69) is 169 Å². The predicted octanol–water partition coefficient (Wildman–Crippen LogP) is 12.0. The highest BCUT2D eigenvalue weighted by atomic mass is 15.2. The molecule has 0 saturated heterocycles. The number of para-hydroxylation sites is 3. The van der Waals surface area contributed by atoms with Crippen molar-refractivity contribution in [1.82, 2.24) is 14.5 Å². The highest BCUT2D eigenvalue weighted by molar-refractivity contribution is 6.12. The van der Waals surface area contributed by atoms with Gasteiger partial charge >= 0.3 is 0 Å². The van der Waals surface area contributed by atoms with E-state index in [0.29, 0.717) is 0 Å². The van der Waals surface area contributed by atoms with Crippen molar-refractivity contribution in [3.05, 3.63) is 204 Å². The fourth-order valence-corrected chi connectivity index (χ4v) is 10.2. The first kappa shape index (κ1) is 29.8. The number of hydrogen-bond acceptors (Lipinski definition) is 3. The monoisotopic (exact) mass is 690 g/mol. The molecule has 1 spiro atoms. The summed E-state index contributed by atoms with van der Waals surface area (Å²) < 4.78 is 2.49. The molecule has 0 bridgehead atoms. The normalized spacial score (nSPS) is 15.1. The molecule has 1 aliphatic heterocycles. The zero-order valence-corrected chi connectivity index (χ0v) is 30.0. The van der Waals surface area contributed by atoms with E-state index in [1.165, 1.54) is 55.2 Å². The van der Waals surface area contributed by atoms with Crippen LogP contribution >= 0.6 is 0 Å². The maximum absolute atomic E-state index is 5.25. The van der Waals surface area contributed by atoms with E-state index >= 15 is 0 Å². The quantitative estimate of drug-likeness (QED) is 0.181. The second-order valence-corrected chi connectivity index (χ2v) is 15.4. The van der Waals surface area contributed by atoms with E-state index in [1.54, 1.807) is 0 Å². The van der Waals surface area contributed by atoms with Crippen LogP contribution in [-0.2, 0) is 10.8 Å². The minimum atomic E-state index is -0.732. The Kier molecular flexibility index (Phi) is 5.74. The minimum absolute atomic E-state index is 0.115. The lowest BCUT2D eigenvalue weighted by Gasteiger charge is -2.44. The fraction of sp³-hybridized carbons (Fsp3) is 0.0800. The standard InChI is InChI=1S/C50H34N4/c1-49(2)39-20-8-6-16-33(39)37-29-38-34-17-7-10-22-43(34)54(46(38)30-41(37)49)32-24-25-45-42(28-32)50(47-35(18-12-26-51-47)36-19-13-27-52-48(36)50)40-21-9-11-23-44(40)53(45)31-14-4-3-5-15-31/h3-30H,1-2H3. The van der Waals surface area contributed by atoms with Crippen molar-refractivity contribution in [3.8, 4) is 27.9 Å². The summed E-state index contributed by atoms with van der Waals surface area (Å²) in [6.45, 7) is 4.73. The van der Waals surface area contributed by atoms with E-state index < -0.39 is 5.41 Å². The molecule has 6 aromatic carbocycles. The van der Waals surface area contributed by atoms with E-state index in [9.17, 15) is 0 Å². The van der Waals surface area contributed by atoms with Crippen molar-refractivity contribution < 1.29 is 0 Å². The third-order valence-electron chi connectivity index (χ3n) is 12.4. The molecule has 9 aromatic rings. The number of fused-ring (bicyclic) bond motifs is 15. The van der Waals surface area contributed by atoms with Crippen LogP contribution < -0.4 is 4.90 Å². The highest BCUT2D eigenvalue weighted by Gasteiger charge is 2.54. The van der Waals surface area contributed by atoms with Crippen molar-refractivity contribution in [2.24, 2.45) is 0 Å². The minimum Gasteiger partial charge on any atom is -0.310 e. The number of anilines is 3. The van der Waals surface area contributed by atoms with Gasteiger partial charge < -0.3 is 9.47 Å². The molecule has 54 heavy (non-hydrogen) atoms. The zero-order valence-electron chi connectivity index (χ0n) is 30.0. The van der Waals surface area contributed by atoms with Gasteiger partial charge in [0.2, 0.25) is 0 Å². The Bertz CT molecular complexity index is 3000. The van der Waals surface area contributed by atoms with Crippen molar-refractivity contribution in [2.75, 3.05) is 4.90 Å². The molecule has 0 amide bonds. The molecule has 0 radical (unpaired) electrons.